The lowest BCUT2D eigenvalue weighted by molar-refractivity contribution is -0.118. The van der Waals surface area contributed by atoms with Gasteiger partial charge < -0.3 is 4.74 Å². The highest BCUT2D eigenvalue weighted by Gasteiger charge is 2.19. The lowest BCUT2D eigenvalue weighted by atomic mass is 9.89. The number of benzene rings is 1. The van der Waals surface area contributed by atoms with Crippen LogP contribution in [-0.2, 0) is 9.53 Å². The fourth-order valence-corrected chi connectivity index (χ4v) is 2.13. The number of rotatable bonds is 4. The van der Waals surface area contributed by atoms with Crippen molar-refractivity contribution in [3.05, 3.63) is 53.8 Å². The second-order valence-electron chi connectivity index (χ2n) is 4.49. The van der Waals surface area contributed by atoms with E-state index in [9.17, 15) is 4.79 Å². The smallest absolute Gasteiger partial charge is 0.159 e. The second-order valence-corrected chi connectivity index (χ2v) is 4.49. The van der Waals surface area contributed by atoms with Crippen molar-refractivity contribution >= 4 is 11.9 Å². The van der Waals surface area contributed by atoms with Gasteiger partial charge in [-0.2, -0.15) is 0 Å². The van der Waals surface area contributed by atoms with Crippen LogP contribution in [0.3, 0.4) is 0 Å². The zero-order chi connectivity index (χ0) is 12.8. The topological polar surface area (TPSA) is 26.3 Å². The highest BCUT2D eigenvalue weighted by molar-refractivity contribution is 5.95. The summed E-state index contributed by atoms with van der Waals surface area (Å²) in [5, 5.41) is 0. The number of carbonyl (C=O) groups is 1. The summed E-state index contributed by atoms with van der Waals surface area (Å²) >= 11 is 0. The lowest BCUT2D eigenvalue weighted by Gasteiger charge is -2.18. The molecule has 1 unspecified atom stereocenters. The molecule has 0 N–H and O–H groups in total. The largest absolute Gasteiger partial charge is 0.501 e. The lowest BCUT2D eigenvalue weighted by Crippen LogP contribution is -2.15. The Morgan fingerprint density at radius 2 is 2.11 bits per heavy atom. The summed E-state index contributed by atoms with van der Waals surface area (Å²) < 4.78 is 5.18. The van der Waals surface area contributed by atoms with Gasteiger partial charge in [-0.15, -0.1) is 0 Å². The van der Waals surface area contributed by atoms with Crippen LogP contribution in [0.4, 0.5) is 0 Å². The fourth-order valence-electron chi connectivity index (χ4n) is 2.13. The third-order valence-corrected chi connectivity index (χ3v) is 3.27. The van der Waals surface area contributed by atoms with Crippen LogP contribution in [0.5, 0.6) is 0 Å². The predicted molar refractivity (Wildman–Crippen MR) is 72.9 cm³/mol. The normalized spacial score (nSPS) is 19.6. The van der Waals surface area contributed by atoms with E-state index in [1.165, 1.54) is 0 Å². The molecule has 1 aliphatic carbocycles. The molecule has 0 bridgehead atoms. The Balaban J connectivity index is 1.93. The second kappa shape index (κ2) is 6.20. The van der Waals surface area contributed by atoms with Crippen LogP contribution < -0.4 is 0 Å². The summed E-state index contributed by atoms with van der Waals surface area (Å²) in [7, 11) is 1.68. The molecular weight excluding hydrogens is 224 g/mol. The molecule has 18 heavy (non-hydrogen) atoms. The number of hydrogen-bond donors (Lipinski definition) is 0. The summed E-state index contributed by atoms with van der Waals surface area (Å²) in [5.74, 6) is 1.33. The third-order valence-electron chi connectivity index (χ3n) is 3.27. The minimum absolute atomic E-state index is 0.115. The van der Waals surface area contributed by atoms with E-state index in [4.69, 9.17) is 4.74 Å². The molecule has 0 saturated carbocycles. The monoisotopic (exact) mass is 242 g/mol. The van der Waals surface area contributed by atoms with Gasteiger partial charge in [-0.1, -0.05) is 36.4 Å². The summed E-state index contributed by atoms with van der Waals surface area (Å²) in [6.07, 6.45) is 8.16. The zero-order valence-electron chi connectivity index (χ0n) is 10.6. The first-order valence-corrected chi connectivity index (χ1v) is 6.29. The van der Waals surface area contributed by atoms with Gasteiger partial charge in [0.15, 0.2) is 5.78 Å². The molecule has 0 aliphatic heterocycles. The standard InChI is InChI=1S/C16H18O2/c1-18-15-10-8-14(9-11-15)16(17)12-7-13-5-3-2-4-6-13/h2-7,10,12,14H,8-9,11H2,1H3/b12-7+. The van der Waals surface area contributed by atoms with Gasteiger partial charge in [0.25, 0.3) is 0 Å². The molecule has 1 aliphatic rings. The van der Waals surface area contributed by atoms with Gasteiger partial charge in [0.05, 0.1) is 12.9 Å². The van der Waals surface area contributed by atoms with Crippen LogP contribution in [0.2, 0.25) is 0 Å². The van der Waals surface area contributed by atoms with Crippen molar-refractivity contribution in [3.63, 3.8) is 0 Å². The third kappa shape index (κ3) is 3.33. The SMILES string of the molecule is COC1=CCC(C(=O)/C=C/c2ccccc2)CC1. The molecule has 0 fully saturated rings. The Morgan fingerprint density at radius 1 is 1.33 bits per heavy atom. The minimum Gasteiger partial charge on any atom is -0.501 e. The first-order chi connectivity index (χ1) is 8.79. The van der Waals surface area contributed by atoms with Crippen molar-refractivity contribution in [1.29, 1.82) is 0 Å². The average Bonchev–Trinajstić information content (AvgIpc) is 2.46. The van der Waals surface area contributed by atoms with Crippen LogP contribution in [0.25, 0.3) is 6.08 Å². The Labute approximate surface area is 108 Å². The van der Waals surface area contributed by atoms with Crippen molar-refractivity contribution in [2.75, 3.05) is 7.11 Å². The van der Waals surface area contributed by atoms with Crippen LogP contribution in [0.1, 0.15) is 24.8 Å². The van der Waals surface area contributed by atoms with E-state index in [0.717, 1.165) is 30.6 Å². The van der Waals surface area contributed by atoms with Crippen molar-refractivity contribution in [3.8, 4) is 0 Å². The van der Waals surface area contributed by atoms with Gasteiger partial charge in [0.2, 0.25) is 0 Å². The number of methoxy groups -OCH3 is 1. The number of allylic oxidation sites excluding steroid dienone is 3. The number of hydrogen-bond acceptors (Lipinski definition) is 2. The van der Waals surface area contributed by atoms with Crippen LogP contribution in [-0.4, -0.2) is 12.9 Å². The molecule has 0 aromatic heterocycles. The van der Waals surface area contributed by atoms with E-state index < -0.39 is 0 Å². The Hall–Kier alpha value is -1.83. The molecule has 0 spiro atoms. The van der Waals surface area contributed by atoms with Crippen LogP contribution >= 0.6 is 0 Å². The summed E-state index contributed by atoms with van der Waals surface area (Å²) in [6, 6.07) is 9.90. The molecule has 1 atom stereocenters. The van der Waals surface area contributed by atoms with Crippen LogP contribution in [0.15, 0.2) is 48.2 Å². The van der Waals surface area contributed by atoms with E-state index in [2.05, 4.69) is 0 Å². The number of ketones is 1. The van der Waals surface area contributed by atoms with Gasteiger partial charge >= 0.3 is 0 Å². The van der Waals surface area contributed by atoms with Gasteiger partial charge in [0.1, 0.15) is 0 Å². The van der Waals surface area contributed by atoms with Crippen molar-refractivity contribution < 1.29 is 9.53 Å². The quantitative estimate of drug-likeness (QED) is 0.754. The number of carbonyl (C=O) groups excluding carboxylic acids is 1. The number of ether oxygens (including phenoxy) is 1. The van der Waals surface area contributed by atoms with Gasteiger partial charge in [0, 0.05) is 12.3 Å². The predicted octanol–water partition coefficient (Wildman–Crippen LogP) is 3.60. The zero-order valence-corrected chi connectivity index (χ0v) is 10.6. The molecule has 94 valence electrons. The Morgan fingerprint density at radius 3 is 2.72 bits per heavy atom. The van der Waals surface area contributed by atoms with Gasteiger partial charge in [-0.3, -0.25) is 4.79 Å². The maximum Gasteiger partial charge on any atom is 0.159 e. The molecule has 2 nitrogen and oxygen atoms in total. The molecule has 2 heteroatoms. The Kier molecular flexibility index (Phi) is 4.35. The molecule has 2 rings (SSSR count). The van der Waals surface area contributed by atoms with Crippen molar-refractivity contribution in [2.45, 2.75) is 19.3 Å². The van der Waals surface area contributed by atoms with E-state index in [1.807, 2.05) is 42.5 Å². The maximum atomic E-state index is 12.0. The molecule has 1 aromatic carbocycles. The van der Waals surface area contributed by atoms with Crippen molar-refractivity contribution in [2.24, 2.45) is 5.92 Å². The molecule has 0 amide bonds. The molecule has 0 radical (unpaired) electrons. The van der Waals surface area contributed by atoms with E-state index >= 15 is 0 Å². The minimum atomic E-state index is 0.115. The van der Waals surface area contributed by atoms with Crippen molar-refractivity contribution in [1.82, 2.24) is 0 Å². The first-order valence-electron chi connectivity index (χ1n) is 6.29. The fraction of sp³-hybridized carbons (Fsp3) is 0.312. The van der Waals surface area contributed by atoms with Crippen LogP contribution in [0, 0.1) is 5.92 Å². The average molecular weight is 242 g/mol. The van der Waals surface area contributed by atoms with E-state index in [0.29, 0.717) is 0 Å². The van der Waals surface area contributed by atoms with Gasteiger partial charge in [-0.25, -0.2) is 0 Å². The highest BCUT2D eigenvalue weighted by Crippen LogP contribution is 2.24. The van der Waals surface area contributed by atoms with Gasteiger partial charge in [-0.05, 0) is 30.6 Å². The maximum absolute atomic E-state index is 12.0. The highest BCUT2D eigenvalue weighted by atomic mass is 16.5. The Bertz CT molecular complexity index is 457. The molecule has 1 aromatic rings. The molecular formula is C16H18O2. The molecule has 0 heterocycles. The summed E-state index contributed by atoms with van der Waals surface area (Å²) in [5.41, 5.74) is 1.06. The van der Waals surface area contributed by atoms with E-state index in [-0.39, 0.29) is 11.7 Å². The summed E-state index contributed by atoms with van der Waals surface area (Å²) in [6.45, 7) is 0. The molecule has 0 saturated heterocycles. The first kappa shape index (κ1) is 12.6. The van der Waals surface area contributed by atoms with E-state index in [1.54, 1.807) is 13.2 Å². The summed E-state index contributed by atoms with van der Waals surface area (Å²) in [4.78, 5) is 12.0.